The van der Waals surface area contributed by atoms with Crippen LogP contribution in [-0.2, 0) is 29.2 Å². The molecule has 0 aliphatic rings. The third-order valence-corrected chi connectivity index (χ3v) is 3.00. The van der Waals surface area contributed by atoms with E-state index in [9.17, 15) is 21.6 Å². The lowest BCUT2D eigenvalue weighted by Gasteiger charge is -2.13. The summed E-state index contributed by atoms with van der Waals surface area (Å²) in [6.45, 7) is 0. The molecule has 0 aliphatic heterocycles. The maximum absolute atomic E-state index is 11.2. The molecule has 1 atom stereocenters. The van der Waals surface area contributed by atoms with Gasteiger partial charge in [-0.25, -0.2) is 0 Å². The van der Waals surface area contributed by atoms with E-state index in [2.05, 4.69) is 8.37 Å². The molecule has 0 bridgehead atoms. The molecule has 1 unspecified atom stereocenters. The zero-order chi connectivity index (χ0) is 15.6. The number of nitrogens with two attached hydrogens (primary N) is 1. The molecule has 0 saturated carbocycles. The van der Waals surface area contributed by atoms with Gasteiger partial charge in [0.15, 0.2) is 6.10 Å². The first-order valence-electron chi connectivity index (χ1n) is 5.15. The van der Waals surface area contributed by atoms with E-state index in [4.69, 9.17) is 5.73 Å². The van der Waals surface area contributed by atoms with Crippen molar-refractivity contribution in [3.05, 3.63) is 29.8 Å². The number of carbonyl (C=O) groups is 1. The molecule has 0 radical (unpaired) electrons. The van der Waals surface area contributed by atoms with E-state index in [0.717, 1.165) is 12.5 Å². The van der Waals surface area contributed by atoms with E-state index in [1.165, 1.54) is 24.3 Å². The first-order valence-corrected chi connectivity index (χ1v) is 8.78. The number of benzene rings is 1. The minimum absolute atomic E-state index is 0.0128. The van der Waals surface area contributed by atoms with Crippen molar-refractivity contribution >= 4 is 26.1 Å². The smallest absolute Gasteiger partial charge is 0.306 e. The van der Waals surface area contributed by atoms with Crippen LogP contribution in [0.15, 0.2) is 24.3 Å². The highest BCUT2D eigenvalue weighted by atomic mass is 32.2. The van der Waals surface area contributed by atoms with Gasteiger partial charge >= 0.3 is 10.1 Å². The van der Waals surface area contributed by atoms with Gasteiger partial charge in [-0.3, -0.25) is 8.98 Å². The van der Waals surface area contributed by atoms with E-state index < -0.39 is 32.2 Å². The van der Waals surface area contributed by atoms with Crippen molar-refractivity contribution < 1.29 is 30.0 Å². The monoisotopic (exact) mass is 323 g/mol. The number of hydrogen-bond acceptors (Lipinski definition) is 7. The lowest BCUT2D eigenvalue weighted by molar-refractivity contribution is -0.124. The lowest BCUT2D eigenvalue weighted by Crippen LogP contribution is -2.25. The zero-order valence-electron chi connectivity index (χ0n) is 10.6. The largest absolute Gasteiger partial charge is 0.383 e. The van der Waals surface area contributed by atoms with Gasteiger partial charge in [0, 0.05) is 0 Å². The SMILES string of the molecule is CS(=O)(=O)Oc1ccc(C(OS(C)(=O)=O)C(N)=O)cc1. The topological polar surface area (TPSA) is 130 Å². The first-order chi connectivity index (χ1) is 8.98. The van der Waals surface area contributed by atoms with E-state index >= 15 is 0 Å². The summed E-state index contributed by atoms with van der Waals surface area (Å²) in [5.74, 6) is -0.981. The fraction of sp³-hybridized carbons (Fsp3) is 0.300. The Morgan fingerprint density at radius 3 is 1.90 bits per heavy atom. The highest BCUT2D eigenvalue weighted by Crippen LogP contribution is 2.22. The Morgan fingerprint density at radius 2 is 1.55 bits per heavy atom. The van der Waals surface area contributed by atoms with Crippen LogP contribution in [0.25, 0.3) is 0 Å². The maximum atomic E-state index is 11.2. The third kappa shape index (κ3) is 5.55. The van der Waals surface area contributed by atoms with Gasteiger partial charge in [0.25, 0.3) is 16.0 Å². The summed E-state index contributed by atoms with van der Waals surface area (Å²) in [6, 6.07) is 5.05. The summed E-state index contributed by atoms with van der Waals surface area (Å²) >= 11 is 0. The molecule has 0 saturated heterocycles. The fourth-order valence-corrected chi connectivity index (χ4v) is 2.33. The second kappa shape index (κ2) is 5.77. The standard InChI is InChI=1S/C10H13NO7S2/c1-19(13,14)17-8-5-3-7(4-6-8)9(10(11)12)18-20(2,15)16/h3-6,9H,1-2H3,(H2,11,12). The third-order valence-electron chi connectivity index (χ3n) is 1.96. The molecular formula is C10H13NO7S2. The van der Waals surface area contributed by atoms with Crippen molar-refractivity contribution in [1.82, 2.24) is 0 Å². The van der Waals surface area contributed by atoms with Crippen LogP contribution in [0.2, 0.25) is 0 Å². The molecule has 10 heteroatoms. The molecule has 1 rings (SSSR count). The normalized spacial score (nSPS) is 13.7. The molecule has 1 amide bonds. The minimum Gasteiger partial charge on any atom is -0.383 e. The van der Waals surface area contributed by atoms with Gasteiger partial charge in [-0.15, -0.1) is 0 Å². The van der Waals surface area contributed by atoms with Crippen molar-refractivity contribution in [3.8, 4) is 5.75 Å². The molecule has 2 N–H and O–H groups in total. The Labute approximate surface area is 116 Å². The van der Waals surface area contributed by atoms with Gasteiger partial charge < -0.3 is 9.92 Å². The predicted molar refractivity (Wildman–Crippen MR) is 69.8 cm³/mol. The highest BCUT2D eigenvalue weighted by Gasteiger charge is 2.23. The van der Waals surface area contributed by atoms with Gasteiger partial charge in [0.1, 0.15) is 5.75 Å². The number of primary amides is 1. The molecule has 0 aliphatic carbocycles. The molecule has 0 heterocycles. The highest BCUT2D eigenvalue weighted by molar-refractivity contribution is 7.86. The van der Waals surface area contributed by atoms with Crippen LogP contribution in [0.5, 0.6) is 5.75 Å². The van der Waals surface area contributed by atoms with Gasteiger partial charge in [-0.2, -0.15) is 16.8 Å². The number of amides is 1. The van der Waals surface area contributed by atoms with Crippen LogP contribution in [0.3, 0.4) is 0 Å². The van der Waals surface area contributed by atoms with Gasteiger partial charge in [0.2, 0.25) is 0 Å². The number of hydrogen-bond donors (Lipinski definition) is 1. The van der Waals surface area contributed by atoms with Crippen LogP contribution in [0, 0.1) is 0 Å². The van der Waals surface area contributed by atoms with Gasteiger partial charge in [0.05, 0.1) is 12.5 Å². The lowest BCUT2D eigenvalue weighted by atomic mass is 10.1. The second-order valence-corrected chi connectivity index (χ2v) is 7.11. The molecule has 20 heavy (non-hydrogen) atoms. The molecule has 8 nitrogen and oxygen atoms in total. The van der Waals surface area contributed by atoms with Crippen molar-refractivity contribution in [2.75, 3.05) is 12.5 Å². The van der Waals surface area contributed by atoms with Crippen LogP contribution >= 0.6 is 0 Å². The van der Waals surface area contributed by atoms with Crippen LogP contribution in [0.1, 0.15) is 11.7 Å². The van der Waals surface area contributed by atoms with Crippen LogP contribution in [0.4, 0.5) is 0 Å². The number of carbonyl (C=O) groups excluding carboxylic acids is 1. The average Bonchev–Trinajstić information content (AvgIpc) is 2.23. The fourth-order valence-electron chi connectivity index (χ4n) is 1.32. The van der Waals surface area contributed by atoms with E-state index in [1.54, 1.807) is 0 Å². The zero-order valence-corrected chi connectivity index (χ0v) is 12.3. The molecule has 1 aromatic rings. The Bertz CT molecular complexity index is 692. The Balaban J connectivity index is 3.03. The Hall–Kier alpha value is -1.65. The molecule has 0 spiro atoms. The van der Waals surface area contributed by atoms with Crippen molar-refractivity contribution in [2.45, 2.75) is 6.10 Å². The minimum atomic E-state index is -3.88. The summed E-state index contributed by atoms with van der Waals surface area (Å²) in [5, 5.41) is 0. The summed E-state index contributed by atoms with van der Waals surface area (Å²) in [7, 11) is -7.56. The van der Waals surface area contributed by atoms with Crippen LogP contribution < -0.4 is 9.92 Å². The quantitative estimate of drug-likeness (QED) is 0.700. The van der Waals surface area contributed by atoms with E-state index in [1.807, 2.05) is 0 Å². The second-order valence-electron chi connectivity index (χ2n) is 3.94. The summed E-state index contributed by atoms with van der Waals surface area (Å²) in [4.78, 5) is 11.2. The van der Waals surface area contributed by atoms with E-state index in [-0.39, 0.29) is 11.3 Å². The molecule has 0 aromatic heterocycles. The summed E-state index contributed by atoms with van der Waals surface area (Å²) in [6.07, 6.45) is 0.168. The number of rotatable bonds is 6. The first kappa shape index (κ1) is 16.4. The summed E-state index contributed by atoms with van der Waals surface area (Å²) < 4.78 is 53.1. The van der Waals surface area contributed by atoms with Crippen LogP contribution in [-0.4, -0.2) is 35.3 Å². The molecule has 112 valence electrons. The van der Waals surface area contributed by atoms with E-state index in [0.29, 0.717) is 0 Å². The molecular weight excluding hydrogens is 310 g/mol. The Kier molecular flexibility index (Phi) is 4.73. The average molecular weight is 323 g/mol. The van der Waals surface area contributed by atoms with Gasteiger partial charge in [-0.05, 0) is 17.7 Å². The molecule has 0 fully saturated rings. The Morgan fingerprint density at radius 1 is 1.05 bits per heavy atom. The predicted octanol–water partition coefficient (Wildman–Crippen LogP) is -0.472. The molecule has 1 aromatic carbocycles. The summed E-state index contributed by atoms with van der Waals surface area (Å²) in [5.41, 5.74) is 5.22. The van der Waals surface area contributed by atoms with Crippen molar-refractivity contribution in [3.63, 3.8) is 0 Å². The van der Waals surface area contributed by atoms with Crippen molar-refractivity contribution in [2.24, 2.45) is 5.73 Å². The maximum Gasteiger partial charge on any atom is 0.306 e. The van der Waals surface area contributed by atoms with Crippen molar-refractivity contribution in [1.29, 1.82) is 0 Å². The van der Waals surface area contributed by atoms with Gasteiger partial charge in [-0.1, -0.05) is 12.1 Å².